The lowest BCUT2D eigenvalue weighted by Crippen LogP contribution is -2.36. The van der Waals surface area contributed by atoms with Crippen LogP contribution in [0.25, 0.3) is 0 Å². The predicted molar refractivity (Wildman–Crippen MR) is 62.8 cm³/mol. The molecule has 4 nitrogen and oxygen atoms in total. The molecule has 0 aromatic heterocycles. The summed E-state index contributed by atoms with van der Waals surface area (Å²) < 4.78 is 25.7. The Morgan fingerprint density at radius 2 is 1.94 bits per heavy atom. The van der Waals surface area contributed by atoms with Gasteiger partial charge >= 0.3 is 0 Å². The highest BCUT2D eigenvalue weighted by Crippen LogP contribution is 2.07. The minimum absolute atomic E-state index is 0.0289. The fourth-order valence-corrected chi connectivity index (χ4v) is 1.46. The summed E-state index contributed by atoms with van der Waals surface area (Å²) in [7, 11) is 1.69. The SMILES string of the molecule is CN(CCO)CC(=O)NCc1cc(F)cc(F)c1. The maximum atomic E-state index is 12.9. The van der Waals surface area contributed by atoms with Crippen molar-refractivity contribution in [1.82, 2.24) is 10.2 Å². The summed E-state index contributed by atoms with van der Waals surface area (Å²) in [5.41, 5.74) is 0.366. The van der Waals surface area contributed by atoms with Crippen molar-refractivity contribution in [2.45, 2.75) is 6.54 Å². The van der Waals surface area contributed by atoms with Gasteiger partial charge in [-0.25, -0.2) is 8.78 Å². The van der Waals surface area contributed by atoms with E-state index in [0.717, 1.165) is 6.07 Å². The summed E-state index contributed by atoms with van der Waals surface area (Å²) in [6.07, 6.45) is 0. The van der Waals surface area contributed by atoms with Crippen LogP contribution in [0.15, 0.2) is 18.2 Å². The summed E-state index contributed by atoms with van der Waals surface area (Å²) in [6.45, 7) is 0.555. The topological polar surface area (TPSA) is 52.6 Å². The molecule has 100 valence electrons. The second-order valence-electron chi connectivity index (χ2n) is 4.02. The fraction of sp³-hybridized carbons (Fsp3) is 0.417. The number of amides is 1. The second kappa shape index (κ2) is 7.03. The molecule has 1 aromatic rings. The molecular weight excluding hydrogens is 242 g/mol. The van der Waals surface area contributed by atoms with E-state index in [-0.39, 0.29) is 25.6 Å². The Bertz CT molecular complexity index is 393. The molecule has 0 radical (unpaired) electrons. The number of likely N-dealkylation sites (N-methyl/N-ethyl adjacent to an activating group) is 1. The highest BCUT2D eigenvalue weighted by molar-refractivity contribution is 5.77. The molecule has 1 amide bonds. The maximum absolute atomic E-state index is 12.9. The number of benzene rings is 1. The number of nitrogens with one attached hydrogen (secondary N) is 1. The molecule has 1 rings (SSSR count). The first-order valence-corrected chi connectivity index (χ1v) is 5.52. The molecule has 0 saturated heterocycles. The highest BCUT2D eigenvalue weighted by Gasteiger charge is 2.06. The third-order valence-electron chi connectivity index (χ3n) is 2.31. The molecule has 1 aromatic carbocycles. The Morgan fingerprint density at radius 3 is 2.50 bits per heavy atom. The number of rotatable bonds is 6. The first kappa shape index (κ1) is 14.5. The van der Waals surface area contributed by atoms with E-state index >= 15 is 0 Å². The summed E-state index contributed by atoms with van der Waals surface area (Å²) in [5.74, 6) is -1.61. The van der Waals surface area contributed by atoms with Crippen molar-refractivity contribution in [2.75, 3.05) is 26.7 Å². The second-order valence-corrected chi connectivity index (χ2v) is 4.02. The summed E-state index contributed by atoms with van der Waals surface area (Å²) >= 11 is 0. The molecule has 0 saturated carbocycles. The van der Waals surface area contributed by atoms with Gasteiger partial charge in [-0.15, -0.1) is 0 Å². The number of hydrogen-bond acceptors (Lipinski definition) is 3. The van der Waals surface area contributed by atoms with Crippen molar-refractivity contribution in [3.05, 3.63) is 35.4 Å². The van der Waals surface area contributed by atoms with Gasteiger partial charge < -0.3 is 10.4 Å². The smallest absolute Gasteiger partial charge is 0.234 e. The Kier molecular flexibility index (Phi) is 5.67. The molecule has 0 atom stereocenters. The standard InChI is InChI=1S/C12H16F2N2O2/c1-16(2-3-17)8-12(18)15-7-9-4-10(13)6-11(14)5-9/h4-6,17H,2-3,7-8H2,1H3,(H,15,18). The van der Waals surface area contributed by atoms with Crippen molar-refractivity contribution in [3.63, 3.8) is 0 Å². The number of carbonyl (C=O) groups excluding carboxylic acids is 1. The lowest BCUT2D eigenvalue weighted by atomic mass is 10.2. The summed E-state index contributed by atoms with van der Waals surface area (Å²) in [4.78, 5) is 13.1. The van der Waals surface area contributed by atoms with Crippen LogP contribution in [0.1, 0.15) is 5.56 Å². The van der Waals surface area contributed by atoms with Gasteiger partial charge in [-0.3, -0.25) is 9.69 Å². The molecule has 0 aliphatic rings. The molecule has 18 heavy (non-hydrogen) atoms. The normalized spacial score (nSPS) is 10.7. The monoisotopic (exact) mass is 258 g/mol. The molecule has 6 heteroatoms. The number of halogens is 2. The highest BCUT2D eigenvalue weighted by atomic mass is 19.1. The van der Waals surface area contributed by atoms with E-state index in [1.54, 1.807) is 11.9 Å². The first-order valence-electron chi connectivity index (χ1n) is 5.52. The van der Waals surface area contributed by atoms with Crippen LogP contribution in [0.2, 0.25) is 0 Å². The molecule has 0 fully saturated rings. The van der Waals surface area contributed by atoms with Crippen LogP contribution >= 0.6 is 0 Å². The third kappa shape index (κ3) is 5.20. The summed E-state index contributed by atoms with van der Waals surface area (Å²) in [5, 5.41) is 11.2. The van der Waals surface area contributed by atoms with E-state index in [2.05, 4.69) is 5.32 Å². The van der Waals surface area contributed by atoms with Crippen LogP contribution in [0.4, 0.5) is 8.78 Å². The molecule has 0 heterocycles. The van der Waals surface area contributed by atoms with Crippen LogP contribution < -0.4 is 5.32 Å². The largest absolute Gasteiger partial charge is 0.395 e. The number of aliphatic hydroxyl groups excluding tert-OH is 1. The average molecular weight is 258 g/mol. The van der Waals surface area contributed by atoms with Crippen LogP contribution in [0, 0.1) is 11.6 Å². The van der Waals surface area contributed by atoms with Crippen LogP contribution in [-0.2, 0) is 11.3 Å². The van der Waals surface area contributed by atoms with E-state index in [0.29, 0.717) is 12.1 Å². The quantitative estimate of drug-likeness (QED) is 0.781. The zero-order chi connectivity index (χ0) is 13.5. The number of hydrogen-bond donors (Lipinski definition) is 2. The van der Waals surface area contributed by atoms with E-state index in [1.807, 2.05) is 0 Å². The molecule has 2 N–H and O–H groups in total. The molecular formula is C12H16F2N2O2. The minimum Gasteiger partial charge on any atom is -0.395 e. The van der Waals surface area contributed by atoms with Crippen molar-refractivity contribution in [2.24, 2.45) is 0 Å². The zero-order valence-electron chi connectivity index (χ0n) is 10.1. The van der Waals surface area contributed by atoms with E-state index < -0.39 is 11.6 Å². The van der Waals surface area contributed by atoms with Gasteiger partial charge in [-0.1, -0.05) is 0 Å². The number of nitrogens with zero attached hydrogens (tertiary/aromatic N) is 1. The predicted octanol–water partition coefficient (Wildman–Crippen LogP) is 0.505. The molecule has 0 spiro atoms. The van der Waals surface area contributed by atoms with E-state index in [1.165, 1.54) is 12.1 Å². The van der Waals surface area contributed by atoms with Gasteiger partial charge in [-0.05, 0) is 24.7 Å². The lowest BCUT2D eigenvalue weighted by Gasteiger charge is -2.14. The van der Waals surface area contributed by atoms with Crippen LogP contribution in [0.3, 0.4) is 0 Å². The van der Waals surface area contributed by atoms with E-state index in [4.69, 9.17) is 5.11 Å². The van der Waals surface area contributed by atoms with Gasteiger partial charge in [0.1, 0.15) is 11.6 Å². The number of carbonyl (C=O) groups is 1. The molecule has 0 aliphatic carbocycles. The Labute approximate surface area is 104 Å². The molecule has 0 unspecified atom stereocenters. The van der Waals surface area contributed by atoms with Gasteiger partial charge in [0, 0.05) is 19.2 Å². The zero-order valence-corrected chi connectivity index (χ0v) is 10.1. The van der Waals surface area contributed by atoms with Crippen LogP contribution in [0.5, 0.6) is 0 Å². The van der Waals surface area contributed by atoms with Crippen molar-refractivity contribution in [3.8, 4) is 0 Å². The van der Waals surface area contributed by atoms with Gasteiger partial charge in [0.15, 0.2) is 0 Å². The van der Waals surface area contributed by atoms with Gasteiger partial charge in [-0.2, -0.15) is 0 Å². The van der Waals surface area contributed by atoms with Crippen molar-refractivity contribution in [1.29, 1.82) is 0 Å². The Hall–Kier alpha value is -1.53. The Balaban J connectivity index is 2.42. The fourth-order valence-electron chi connectivity index (χ4n) is 1.46. The van der Waals surface area contributed by atoms with Gasteiger partial charge in [0.05, 0.1) is 13.2 Å². The Morgan fingerprint density at radius 1 is 1.33 bits per heavy atom. The maximum Gasteiger partial charge on any atom is 0.234 e. The number of aliphatic hydroxyl groups is 1. The lowest BCUT2D eigenvalue weighted by molar-refractivity contribution is -0.122. The van der Waals surface area contributed by atoms with Crippen molar-refractivity contribution >= 4 is 5.91 Å². The first-order chi connectivity index (χ1) is 8.51. The van der Waals surface area contributed by atoms with Crippen LogP contribution in [-0.4, -0.2) is 42.7 Å². The van der Waals surface area contributed by atoms with Gasteiger partial charge in [0.25, 0.3) is 0 Å². The average Bonchev–Trinajstić information content (AvgIpc) is 2.25. The third-order valence-corrected chi connectivity index (χ3v) is 2.31. The molecule has 0 bridgehead atoms. The summed E-state index contributed by atoms with van der Waals surface area (Å²) in [6, 6.07) is 3.11. The minimum atomic E-state index is -0.670. The van der Waals surface area contributed by atoms with Gasteiger partial charge in [0.2, 0.25) is 5.91 Å². The van der Waals surface area contributed by atoms with E-state index in [9.17, 15) is 13.6 Å². The van der Waals surface area contributed by atoms with Crippen molar-refractivity contribution < 1.29 is 18.7 Å². The molecule has 0 aliphatic heterocycles.